The Balaban J connectivity index is 1.79. The molecule has 41 heavy (non-hydrogen) atoms. The van der Waals surface area contributed by atoms with Crippen LogP contribution in [0.25, 0.3) is 11.1 Å². The maximum atomic E-state index is 14.2. The molecule has 1 aliphatic heterocycles. The Morgan fingerprint density at radius 3 is 2.49 bits per heavy atom. The largest absolute Gasteiger partial charge is 0.381 e. The molecule has 216 valence electrons. The highest BCUT2D eigenvalue weighted by molar-refractivity contribution is 6.05. The lowest BCUT2D eigenvalue weighted by Gasteiger charge is -2.34. The number of halogens is 2. The molecule has 1 aromatic heterocycles. The van der Waals surface area contributed by atoms with Gasteiger partial charge >= 0.3 is 0 Å². The van der Waals surface area contributed by atoms with Gasteiger partial charge in [0.25, 0.3) is 17.4 Å². The predicted octanol–water partition coefficient (Wildman–Crippen LogP) is 5.07. The molecule has 3 N–H and O–H groups in total. The molecular formula is C31H34F2N4O4. The van der Waals surface area contributed by atoms with Crippen molar-refractivity contribution in [2.75, 3.05) is 30.5 Å². The summed E-state index contributed by atoms with van der Waals surface area (Å²) in [5.41, 5.74) is 4.42. The zero-order chi connectivity index (χ0) is 29.8. The number of aromatic nitrogens is 1. The van der Waals surface area contributed by atoms with Gasteiger partial charge in [0.1, 0.15) is 5.82 Å². The van der Waals surface area contributed by atoms with Gasteiger partial charge in [-0.25, -0.2) is 8.78 Å². The van der Waals surface area contributed by atoms with E-state index in [2.05, 4.69) is 27.1 Å². The number of hydrogen-bond donors (Lipinski definition) is 3. The number of aryl methyl sites for hydroxylation is 2. The van der Waals surface area contributed by atoms with Crippen molar-refractivity contribution in [2.24, 2.45) is 0 Å². The molecule has 0 saturated carbocycles. The number of amides is 2. The molecule has 4 rings (SSSR count). The van der Waals surface area contributed by atoms with E-state index in [1.165, 1.54) is 12.1 Å². The molecule has 0 atom stereocenters. The molecule has 1 aliphatic rings. The second-order valence-electron chi connectivity index (χ2n) is 10.3. The van der Waals surface area contributed by atoms with Crippen molar-refractivity contribution in [1.82, 2.24) is 10.3 Å². The SMILES string of the molecule is C=C(F)C(=O)Nc1cc(F)ccc1-c1cc(C(=O)NCc2c(C)cc(C)[nH]c2=O)c(C)c(N(C)C2CCOCC2)c1. The van der Waals surface area contributed by atoms with E-state index < -0.39 is 23.5 Å². The molecule has 1 saturated heterocycles. The third kappa shape index (κ3) is 6.71. The molecule has 8 nitrogen and oxygen atoms in total. The van der Waals surface area contributed by atoms with Crippen LogP contribution in [-0.2, 0) is 16.1 Å². The van der Waals surface area contributed by atoms with E-state index in [-0.39, 0.29) is 23.8 Å². The van der Waals surface area contributed by atoms with Crippen LogP contribution in [0.15, 0.2) is 53.6 Å². The van der Waals surface area contributed by atoms with E-state index >= 15 is 0 Å². The molecule has 2 amide bonds. The van der Waals surface area contributed by atoms with E-state index in [0.717, 1.165) is 35.9 Å². The van der Waals surface area contributed by atoms with Gasteiger partial charge in [-0.1, -0.05) is 6.58 Å². The minimum Gasteiger partial charge on any atom is -0.381 e. The zero-order valence-corrected chi connectivity index (χ0v) is 23.6. The maximum absolute atomic E-state index is 14.2. The molecular weight excluding hydrogens is 530 g/mol. The Hall–Kier alpha value is -4.31. The van der Waals surface area contributed by atoms with Crippen LogP contribution in [0.3, 0.4) is 0 Å². The molecule has 0 spiro atoms. The molecule has 10 heteroatoms. The van der Waals surface area contributed by atoms with Gasteiger partial charge in [0.15, 0.2) is 5.83 Å². The van der Waals surface area contributed by atoms with Gasteiger partial charge in [-0.3, -0.25) is 14.4 Å². The highest BCUT2D eigenvalue weighted by Gasteiger charge is 2.24. The second kappa shape index (κ2) is 12.5. The lowest BCUT2D eigenvalue weighted by atomic mass is 9.94. The van der Waals surface area contributed by atoms with Crippen molar-refractivity contribution in [3.05, 3.63) is 92.9 Å². The summed E-state index contributed by atoms with van der Waals surface area (Å²) >= 11 is 0. The van der Waals surface area contributed by atoms with Crippen molar-refractivity contribution in [3.63, 3.8) is 0 Å². The van der Waals surface area contributed by atoms with Gasteiger partial charge in [-0.15, -0.1) is 0 Å². The Labute approximate surface area is 237 Å². The van der Waals surface area contributed by atoms with Gasteiger partial charge in [-0.05, 0) is 86.7 Å². The van der Waals surface area contributed by atoms with Crippen LogP contribution in [0.5, 0.6) is 0 Å². The quantitative estimate of drug-likeness (QED) is 0.332. The number of carbonyl (C=O) groups is 2. The number of aromatic amines is 1. The normalized spacial score (nSPS) is 13.5. The summed E-state index contributed by atoms with van der Waals surface area (Å²) < 4.78 is 33.3. The third-order valence-corrected chi connectivity index (χ3v) is 7.45. The summed E-state index contributed by atoms with van der Waals surface area (Å²) in [4.78, 5) is 43.1. The first-order valence-electron chi connectivity index (χ1n) is 13.3. The Kier molecular flexibility index (Phi) is 9.02. The summed E-state index contributed by atoms with van der Waals surface area (Å²) in [6, 6.07) is 9.28. The van der Waals surface area contributed by atoms with Crippen LogP contribution in [0.2, 0.25) is 0 Å². The third-order valence-electron chi connectivity index (χ3n) is 7.45. The van der Waals surface area contributed by atoms with Gasteiger partial charge in [0.2, 0.25) is 0 Å². The van der Waals surface area contributed by atoms with Crippen LogP contribution in [0.4, 0.5) is 20.2 Å². The van der Waals surface area contributed by atoms with Crippen molar-refractivity contribution in [2.45, 2.75) is 46.2 Å². The monoisotopic (exact) mass is 564 g/mol. The number of benzene rings is 2. The molecule has 1 fully saturated rings. The first-order valence-corrected chi connectivity index (χ1v) is 13.3. The number of H-pyrrole nitrogens is 1. The molecule has 0 unspecified atom stereocenters. The second-order valence-corrected chi connectivity index (χ2v) is 10.3. The first-order chi connectivity index (χ1) is 19.5. The molecule has 2 heterocycles. The standard InChI is InChI=1S/C31H34F2N4O4/c1-17-12-18(2)35-31(40)26(17)16-34-30(39)25-13-21(14-28(19(25)3)37(5)23-8-10-41-11-9-23)24-7-6-22(33)15-27(24)36-29(38)20(4)32/h6-7,12-15,23H,4,8-11,16H2,1-3,5H3,(H,34,39)(H,35,40)(H,36,38). The van der Waals surface area contributed by atoms with Gasteiger partial charge in [-0.2, -0.15) is 0 Å². The van der Waals surface area contributed by atoms with Crippen LogP contribution in [0, 0.1) is 26.6 Å². The van der Waals surface area contributed by atoms with Gasteiger partial charge < -0.3 is 25.3 Å². The number of hydrogen-bond acceptors (Lipinski definition) is 5. The van der Waals surface area contributed by atoms with E-state index in [9.17, 15) is 23.2 Å². The van der Waals surface area contributed by atoms with Crippen LogP contribution >= 0.6 is 0 Å². The maximum Gasteiger partial charge on any atom is 0.283 e. The van der Waals surface area contributed by atoms with Crippen molar-refractivity contribution >= 4 is 23.2 Å². The lowest BCUT2D eigenvalue weighted by molar-refractivity contribution is -0.114. The average molecular weight is 565 g/mol. The summed E-state index contributed by atoms with van der Waals surface area (Å²) in [5.74, 6) is -3.35. The minimum atomic E-state index is -1.22. The van der Waals surface area contributed by atoms with Crippen LogP contribution in [0.1, 0.15) is 45.6 Å². The van der Waals surface area contributed by atoms with Crippen LogP contribution in [-0.4, -0.2) is 43.1 Å². The molecule has 0 aliphatic carbocycles. The predicted molar refractivity (Wildman–Crippen MR) is 155 cm³/mol. The highest BCUT2D eigenvalue weighted by Crippen LogP contribution is 2.36. The van der Waals surface area contributed by atoms with Crippen molar-refractivity contribution in [1.29, 1.82) is 0 Å². The van der Waals surface area contributed by atoms with E-state index in [1.54, 1.807) is 13.0 Å². The summed E-state index contributed by atoms with van der Waals surface area (Å²) in [6.45, 7) is 9.71. The average Bonchev–Trinajstić information content (AvgIpc) is 2.92. The summed E-state index contributed by atoms with van der Waals surface area (Å²) in [6.07, 6.45) is 1.60. The van der Waals surface area contributed by atoms with E-state index in [4.69, 9.17) is 4.74 Å². The highest BCUT2D eigenvalue weighted by atomic mass is 19.1. The van der Waals surface area contributed by atoms with Gasteiger partial charge in [0, 0.05) is 60.9 Å². The summed E-state index contributed by atoms with van der Waals surface area (Å²) in [5, 5.41) is 5.23. The number of ether oxygens (including phenoxy) is 1. The molecule has 2 aromatic carbocycles. The lowest BCUT2D eigenvalue weighted by Crippen LogP contribution is -2.37. The van der Waals surface area contributed by atoms with Crippen LogP contribution < -0.4 is 21.1 Å². The minimum absolute atomic E-state index is 0.0194. The molecule has 3 aromatic rings. The Morgan fingerprint density at radius 1 is 1.12 bits per heavy atom. The molecule has 0 bridgehead atoms. The number of nitrogens with one attached hydrogen (secondary N) is 3. The fraction of sp³-hybridized carbons (Fsp3) is 0.323. The number of pyridine rings is 1. The van der Waals surface area contributed by atoms with E-state index in [1.807, 2.05) is 33.0 Å². The Morgan fingerprint density at radius 2 is 1.83 bits per heavy atom. The van der Waals surface area contributed by atoms with Crippen molar-refractivity contribution < 1.29 is 23.1 Å². The number of rotatable bonds is 8. The van der Waals surface area contributed by atoms with E-state index in [0.29, 0.717) is 41.0 Å². The molecule has 0 radical (unpaired) electrons. The summed E-state index contributed by atoms with van der Waals surface area (Å²) in [7, 11) is 1.94. The first kappa shape index (κ1) is 29.7. The number of nitrogens with zero attached hydrogens (tertiary/aromatic N) is 1. The van der Waals surface area contributed by atoms with Crippen molar-refractivity contribution in [3.8, 4) is 11.1 Å². The number of anilines is 2. The van der Waals surface area contributed by atoms with Gasteiger partial charge in [0.05, 0.1) is 5.69 Å². The topological polar surface area (TPSA) is 104 Å². The zero-order valence-electron chi connectivity index (χ0n) is 23.6. The Bertz CT molecular complexity index is 1560. The smallest absolute Gasteiger partial charge is 0.283 e. The fourth-order valence-electron chi connectivity index (χ4n) is 5.15. The number of carbonyl (C=O) groups excluding carboxylic acids is 2. The fourth-order valence-corrected chi connectivity index (χ4v) is 5.15.